The van der Waals surface area contributed by atoms with Crippen molar-refractivity contribution >= 4 is 11.8 Å². The molecule has 0 fully saturated rings. The molecule has 24 heavy (non-hydrogen) atoms. The van der Waals surface area contributed by atoms with Gasteiger partial charge in [0, 0.05) is 23.6 Å². The summed E-state index contributed by atoms with van der Waals surface area (Å²) in [5, 5.41) is 0. The molecule has 0 saturated carbocycles. The van der Waals surface area contributed by atoms with Crippen LogP contribution in [0.4, 0.5) is 0 Å². The third-order valence-corrected chi connectivity index (χ3v) is 3.76. The van der Waals surface area contributed by atoms with Gasteiger partial charge in [-0.1, -0.05) is 36.4 Å². The number of rotatable bonds is 5. The zero-order valence-corrected chi connectivity index (χ0v) is 13.3. The van der Waals surface area contributed by atoms with Gasteiger partial charge >= 0.3 is 5.97 Å². The summed E-state index contributed by atoms with van der Waals surface area (Å²) < 4.78 is 7.09. The maximum absolute atomic E-state index is 12.2. The Bertz CT molecular complexity index is 852. The molecule has 2 aromatic carbocycles. The molecule has 1 aromatic heterocycles. The van der Waals surface area contributed by atoms with Gasteiger partial charge in [0.15, 0.2) is 12.4 Å². The number of carbonyl (C=O) groups is 2. The van der Waals surface area contributed by atoms with E-state index in [1.54, 1.807) is 36.4 Å². The molecule has 3 rings (SSSR count). The molecular weight excluding hydrogens is 302 g/mol. The number of benzene rings is 2. The van der Waals surface area contributed by atoms with Gasteiger partial charge in [-0.15, -0.1) is 0 Å². The molecule has 0 aliphatic rings. The maximum Gasteiger partial charge on any atom is 0.338 e. The van der Waals surface area contributed by atoms with Crippen molar-refractivity contribution in [3.05, 3.63) is 89.7 Å². The van der Waals surface area contributed by atoms with Crippen molar-refractivity contribution in [1.29, 1.82) is 0 Å². The molecule has 0 aliphatic carbocycles. The molecule has 0 atom stereocenters. The van der Waals surface area contributed by atoms with Gasteiger partial charge in [-0.05, 0) is 36.8 Å². The zero-order chi connectivity index (χ0) is 16.9. The van der Waals surface area contributed by atoms with E-state index in [1.165, 1.54) is 0 Å². The molecule has 0 amide bonds. The van der Waals surface area contributed by atoms with Gasteiger partial charge in [0.05, 0.1) is 5.56 Å². The second-order valence-corrected chi connectivity index (χ2v) is 5.46. The highest BCUT2D eigenvalue weighted by molar-refractivity contribution is 5.99. The van der Waals surface area contributed by atoms with E-state index in [0.29, 0.717) is 11.1 Å². The minimum Gasteiger partial charge on any atom is -0.454 e. The topological polar surface area (TPSA) is 48.3 Å². The highest BCUT2D eigenvalue weighted by Crippen LogP contribution is 2.17. The summed E-state index contributed by atoms with van der Waals surface area (Å²) in [6, 6.07) is 18.0. The van der Waals surface area contributed by atoms with Gasteiger partial charge in [0.1, 0.15) is 0 Å². The highest BCUT2D eigenvalue weighted by Gasteiger charge is 2.13. The lowest BCUT2D eigenvalue weighted by molar-refractivity contribution is 0.0474. The van der Waals surface area contributed by atoms with Crippen LogP contribution in [0.3, 0.4) is 0 Å². The van der Waals surface area contributed by atoms with Crippen LogP contribution in [-0.2, 0) is 4.74 Å². The van der Waals surface area contributed by atoms with Crippen LogP contribution in [0, 0.1) is 6.92 Å². The van der Waals surface area contributed by atoms with Crippen LogP contribution < -0.4 is 0 Å². The zero-order valence-electron chi connectivity index (χ0n) is 13.3. The van der Waals surface area contributed by atoms with Gasteiger partial charge in [-0.2, -0.15) is 0 Å². The Hall–Kier alpha value is -3.14. The van der Waals surface area contributed by atoms with Crippen molar-refractivity contribution in [2.24, 2.45) is 0 Å². The summed E-state index contributed by atoms with van der Waals surface area (Å²) in [5.41, 5.74) is 2.90. The number of carbonyl (C=O) groups excluding carboxylic acids is 2. The Balaban J connectivity index is 1.72. The molecule has 0 spiro atoms. The third kappa shape index (κ3) is 3.43. The number of hydrogen-bond donors (Lipinski definition) is 0. The summed E-state index contributed by atoms with van der Waals surface area (Å²) in [5.74, 6) is -0.727. The Morgan fingerprint density at radius 2 is 1.62 bits per heavy atom. The van der Waals surface area contributed by atoms with Gasteiger partial charge in [-0.25, -0.2) is 4.79 Å². The molecule has 0 aliphatic heterocycles. The molecule has 0 radical (unpaired) electrons. The van der Waals surface area contributed by atoms with Gasteiger partial charge in [0.2, 0.25) is 0 Å². The maximum atomic E-state index is 12.2. The monoisotopic (exact) mass is 319 g/mol. The van der Waals surface area contributed by atoms with E-state index < -0.39 is 5.97 Å². The third-order valence-electron chi connectivity index (χ3n) is 3.76. The lowest BCUT2D eigenvalue weighted by Crippen LogP contribution is -2.14. The predicted octanol–water partition coefficient (Wildman–Crippen LogP) is 3.83. The average Bonchev–Trinajstić information content (AvgIpc) is 3.15. The first kappa shape index (κ1) is 15.7. The molecule has 0 saturated heterocycles. The first-order valence-electron chi connectivity index (χ1n) is 7.64. The number of hydrogen-bond acceptors (Lipinski definition) is 3. The highest BCUT2D eigenvalue weighted by atomic mass is 16.5. The van der Waals surface area contributed by atoms with Crippen molar-refractivity contribution in [2.75, 3.05) is 6.61 Å². The molecule has 3 aromatic rings. The second kappa shape index (κ2) is 6.96. The Morgan fingerprint density at radius 1 is 0.917 bits per heavy atom. The lowest BCUT2D eigenvalue weighted by Gasteiger charge is -2.10. The second-order valence-electron chi connectivity index (χ2n) is 5.46. The summed E-state index contributed by atoms with van der Waals surface area (Å²) in [7, 11) is 0. The van der Waals surface area contributed by atoms with Crippen LogP contribution in [0.5, 0.6) is 0 Å². The average molecular weight is 319 g/mol. The number of aromatic nitrogens is 1. The summed E-state index contributed by atoms with van der Waals surface area (Å²) >= 11 is 0. The summed E-state index contributed by atoms with van der Waals surface area (Å²) in [4.78, 5) is 24.2. The molecule has 0 unspecified atom stereocenters. The Labute approximate surface area is 140 Å². The van der Waals surface area contributed by atoms with Gasteiger partial charge in [0.25, 0.3) is 0 Å². The molecule has 1 heterocycles. The molecule has 0 N–H and O–H groups in total. The number of ether oxygens (including phenoxy) is 1. The van der Waals surface area contributed by atoms with Crippen LogP contribution >= 0.6 is 0 Å². The fourth-order valence-electron chi connectivity index (χ4n) is 2.43. The summed E-state index contributed by atoms with van der Waals surface area (Å²) in [6.07, 6.45) is 3.83. The fraction of sp³-hybridized carbons (Fsp3) is 0.100. The minimum absolute atomic E-state index is 0.221. The normalized spacial score (nSPS) is 10.4. The van der Waals surface area contributed by atoms with E-state index in [0.717, 1.165) is 11.3 Å². The van der Waals surface area contributed by atoms with E-state index in [2.05, 4.69) is 0 Å². The number of ketones is 1. The molecule has 0 bridgehead atoms. The summed E-state index contributed by atoms with van der Waals surface area (Å²) in [6.45, 7) is 1.71. The molecule has 120 valence electrons. The number of aryl methyl sites for hydroxylation is 1. The first-order chi connectivity index (χ1) is 11.6. The Morgan fingerprint density at radius 3 is 2.33 bits per heavy atom. The fourth-order valence-corrected chi connectivity index (χ4v) is 2.43. The number of Topliss-reactive ketones (excluding diaryl/α,β-unsaturated/α-hetero) is 1. The van der Waals surface area contributed by atoms with Crippen LogP contribution in [0.2, 0.25) is 0 Å². The molecule has 4 nitrogen and oxygen atoms in total. The Kier molecular flexibility index (Phi) is 4.57. The predicted molar refractivity (Wildman–Crippen MR) is 91.6 cm³/mol. The smallest absolute Gasteiger partial charge is 0.338 e. The van der Waals surface area contributed by atoms with E-state index >= 15 is 0 Å². The lowest BCUT2D eigenvalue weighted by atomic mass is 10.1. The quantitative estimate of drug-likeness (QED) is 0.530. The van der Waals surface area contributed by atoms with Crippen molar-refractivity contribution in [3.8, 4) is 5.69 Å². The van der Waals surface area contributed by atoms with Crippen LogP contribution in [0.15, 0.2) is 73.1 Å². The van der Waals surface area contributed by atoms with E-state index in [-0.39, 0.29) is 12.4 Å². The van der Waals surface area contributed by atoms with Crippen molar-refractivity contribution in [1.82, 2.24) is 4.57 Å². The first-order valence-corrected chi connectivity index (χ1v) is 7.64. The van der Waals surface area contributed by atoms with Crippen molar-refractivity contribution in [2.45, 2.75) is 6.92 Å². The van der Waals surface area contributed by atoms with Gasteiger partial charge in [-0.3, -0.25) is 4.79 Å². The van der Waals surface area contributed by atoms with Crippen LogP contribution in [0.25, 0.3) is 5.69 Å². The largest absolute Gasteiger partial charge is 0.454 e. The number of esters is 1. The molecular formula is C20H17NO3. The van der Waals surface area contributed by atoms with Crippen molar-refractivity contribution in [3.63, 3.8) is 0 Å². The number of nitrogens with zero attached hydrogens (tertiary/aromatic N) is 1. The van der Waals surface area contributed by atoms with E-state index in [1.807, 2.05) is 48.1 Å². The van der Waals surface area contributed by atoms with Gasteiger partial charge < -0.3 is 9.30 Å². The standard InChI is InChI=1S/C20H17NO3/c1-15-9-10-17(13-18(15)21-11-5-6-12-21)20(23)24-14-19(22)16-7-3-2-4-8-16/h2-13H,14H2,1H3. The van der Waals surface area contributed by atoms with E-state index in [9.17, 15) is 9.59 Å². The van der Waals surface area contributed by atoms with E-state index in [4.69, 9.17) is 4.74 Å². The molecule has 4 heteroatoms. The van der Waals surface area contributed by atoms with Crippen LogP contribution in [-0.4, -0.2) is 22.9 Å². The minimum atomic E-state index is -0.507. The SMILES string of the molecule is Cc1ccc(C(=O)OCC(=O)c2ccccc2)cc1-n1cccc1. The van der Waals surface area contributed by atoms with Crippen molar-refractivity contribution < 1.29 is 14.3 Å². The van der Waals surface area contributed by atoms with Crippen LogP contribution in [0.1, 0.15) is 26.3 Å².